The van der Waals surface area contributed by atoms with Crippen LogP contribution in [0.3, 0.4) is 0 Å². The van der Waals surface area contributed by atoms with Crippen LogP contribution in [-0.4, -0.2) is 35.6 Å². The molecule has 1 aliphatic heterocycles. The molecule has 0 saturated heterocycles. The lowest BCUT2D eigenvalue weighted by Crippen LogP contribution is -2.44. The highest BCUT2D eigenvalue weighted by atomic mass is 35.5. The maximum absolute atomic E-state index is 14.1. The molecule has 5 rings (SSSR count). The van der Waals surface area contributed by atoms with Crippen LogP contribution in [0.2, 0.25) is 5.02 Å². The van der Waals surface area contributed by atoms with Crippen molar-refractivity contribution in [3.8, 4) is 11.5 Å². The Balaban J connectivity index is 1.75. The maximum Gasteiger partial charge on any atom is 0.255 e. The molecule has 0 spiro atoms. The van der Waals surface area contributed by atoms with E-state index in [4.69, 9.17) is 26.8 Å². The number of hydrogen-bond acceptors (Lipinski definition) is 6. The lowest BCUT2D eigenvalue weighted by atomic mass is 9.63. The monoisotopic (exact) mass is 590 g/mol. The van der Waals surface area contributed by atoms with E-state index in [1.165, 1.54) is 0 Å². The number of nitrogens with two attached hydrogens (primary N) is 1. The number of ether oxygens (including phenoxy) is 2. The molecule has 0 saturated carbocycles. The second-order valence-corrected chi connectivity index (χ2v) is 13.5. The summed E-state index contributed by atoms with van der Waals surface area (Å²) >= 11 is 6.75. The molecule has 0 radical (unpaired) electrons. The standard InChI is InChI=1S/C34H39ClN2O5/c1-6-41-27-13-21(12-22(35)32(27)42-19-28(36)40)29-30-23(14-33(2,3)16-25(30)38)37(18-20-10-8-7-9-11-20)24-15-34(4,5)17-26(39)31(24)29/h7-13,29H,6,14-19H2,1-5H3,(H2,36,40). The van der Waals surface area contributed by atoms with Crippen LogP contribution in [0.25, 0.3) is 0 Å². The average Bonchev–Trinajstić information content (AvgIpc) is 2.88. The first-order chi connectivity index (χ1) is 19.8. The van der Waals surface area contributed by atoms with Crippen molar-refractivity contribution < 1.29 is 23.9 Å². The molecule has 8 heteroatoms. The molecule has 0 atom stereocenters. The van der Waals surface area contributed by atoms with Gasteiger partial charge in [-0.2, -0.15) is 0 Å². The van der Waals surface area contributed by atoms with Gasteiger partial charge in [0.25, 0.3) is 5.91 Å². The Bertz CT molecular complexity index is 1450. The summed E-state index contributed by atoms with van der Waals surface area (Å²) in [4.78, 5) is 41.9. The van der Waals surface area contributed by atoms with E-state index in [0.717, 1.165) is 17.0 Å². The molecule has 0 fully saturated rings. The van der Waals surface area contributed by atoms with Gasteiger partial charge in [-0.1, -0.05) is 69.6 Å². The third-order valence-corrected chi connectivity index (χ3v) is 8.51. The van der Waals surface area contributed by atoms with Crippen molar-refractivity contribution >= 4 is 29.1 Å². The van der Waals surface area contributed by atoms with Crippen LogP contribution < -0.4 is 15.2 Å². The molecule has 2 aliphatic carbocycles. The molecular weight excluding hydrogens is 552 g/mol. The van der Waals surface area contributed by atoms with Gasteiger partial charge in [-0.25, -0.2) is 0 Å². The summed E-state index contributed by atoms with van der Waals surface area (Å²) in [6.45, 7) is 10.9. The number of rotatable bonds is 8. The quantitative estimate of drug-likeness (QED) is 0.377. The van der Waals surface area contributed by atoms with E-state index in [-0.39, 0.29) is 39.8 Å². The zero-order valence-electron chi connectivity index (χ0n) is 25.0. The van der Waals surface area contributed by atoms with E-state index < -0.39 is 11.8 Å². The lowest BCUT2D eigenvalue weighted by molar-refractivity contribution is -0.121. The highest BCUT2D eigenvalue weighted by Gasteiger charge is 2.49. The molecule has 0 bridgehead atoms. The van der Waals surface area contributed by atoms with E-state index in [2.05, 4.69) is 44.7 Å². The maximum atomic E-state index is 14.1. The molecule has 2 aromatic rings. The molecule has 2 N–H and O–H groups in total. The molecule has 42 heavy (non-hydrogen) atoms. The Morgan fingerprint density at radius 1 is 0.929 bits per heavy atom. The summed E-state index contributed by atoms with van der Waals surface area (Å²) in [5, 5.41) is 0.223. The SMILES string of the molecule is CCOc1cc(C2C3=C(CC(C)(C)CC3=O)N(Cc3ccccc3)C3=C2C(=O)CC(C)(C)C3)cc(Cl)c1OCC(N)=O. The first-order valence-corrected chi connectivity index (χ1v) is 14.9. The van der Waals surface area contributed by atoms with Crippen molar-refractivity contribution in [3.05, 3.63) is 81.2 Å². The predicted octanol–water partition coefficient (Wildman–Crippen LogP) is 6.49. The minimum Gasteiger partial charge on any atom is -0.490 e. The van der Waals surface area contributed by atoms with Gasteiger partial charge in [0.1, 0.15) is 0 Å². The Labute approximate surface area is 252 Å². The van der Waals surface area contributed by atoms with Gasteiger partial charge in [-0.05, 0) is 53.9 Å². The van der Waals surface area contributed by atoms with E-state index in [1.54, 1.807) is 12.1 Å². The number of Topliss-reactive ketones (excluding diaryl/α,β-unsaturated/α-hetero) is 2. The zero-order valence-corrected chi connectivity index (χ0v) is 25.8. The minimum absolute atomic E-state index is 0.0385. The van der Waals surface area contributed by atoms with Gasteiger partial charge < -0.3 is 20.1 Å². The first kappa shape index (κ1) is 29.9. The van der Waals surface area contributed by atoms with Crippen LogP contribution in [0, 0.1) is 10.8 Å². The number of allylic oxidation sites excluding steroid dienone is 4. The summed E-state index contributed by atoms with van der Waals surface area (Å²) < 4.78 is 11.5. The van der Waals surface area contributed by atoms with Crippen LogP contribution in [-0.2, 0) is 20.9 Å². The predicted molar refractivity (Wildman–Crippen MR) is 162 cm³/mol. The van der Waals surface area contributed by atoms with Crippen LogP contribution in [0.15, 0.2) is 65.0 Å². The Morgan fingerprint density at radius 2 is 1.50 bits per heavy atom. The fraction of sp³-hybridized carbons (Fsp3) is 0.441. The number of amides is 1. The molecule has 2 aromatic carbocycles. The van der Waals surface area contributed by atoms with Crippen LogP contribution in [0.1, 0.15) is 77.3 Å². The fourth-order valence-corrected chi connectivity index (χ4v) is 6.91. The van der Waals surface area contributed by atoms with E-state index in [1.807, 2.05) is 25.1 Å². The van der Waals surface area contributed by atoms with Crippen molar-refractivity contribution in [2.75, 3.05) is 13.2 Å². The number of carbonyl (C=O) groups is 3. The van der Waals surface area contributed by atoms with Crippen molar-refractivity contribution in [1.82, 2.24) is 4.90 Å². The van der Waals surface area contributed by atoms with Gasteiger partial charge in [0.15, 0.2) is 29.7 Å². The molecule has 0 aromatic heterocycles. The molecule has 3 aliphatic rings. The largest absolute Gasteiger partial charge is 0.490 e. The number of nitrogens with zero attached hydrogens (tertiary/aromatic N) is 1. The zero-order chi connectivity index (χ0) is 30.4. The number of primary amides is 1. The average molecular weight is 591 g/mol. The minimum atomic E-state index is -0.640. The Kier molecular flexibility index (Phi) is 8.01. The number of carbonyl (C=O) groups excluding carboxylic acids is 3. The smallest absolute Gasteiger partial charge is 0.255 e. The van der Waals surface area contributed by atoms with E-state index in [9.17, 15) is 14.4 Å². The fourth-order valence-electron chi connectivity index (χ4n) is 6.64. The summed E-state index contributed by atoms with van der Waals surface area (Å²) in [7, 11) is 0. The number of benzene rings is 2. The Hall–Kier alpha value is -3.58. The Morgan fingerprint density at radius 3 is 2.02 bits per heavy atom. The van der Waals surface area contributed by atoms with E-state index >= 15 is 0 Å². The van der Waals surface area contributed by atoms with Gasteiger partial charge in [0.2, 0.25) is 0 Å². The molecular formula is C34H39ClN2O5. The van der Waals surface area contributed by atoms with Gasteiger partial charge in [0.05, 0.1) is 11.6 Å². The molecule has 1 amide bonds. The summed E-state index contributed by atoms with van der Waals surface area (Å²) in [6, 6.07) is 13.7. The number of halogens is 1. The topological polar surface area (TPSA) is 98.9 Å². The molecule has 222 valence electrons. The highest BCUT2D eigenvalue weighted by molar-refractivity contribution is 6.32. The van der Waals surface area contributed by atoms with Gasteiger partial charge >= 0.3 is 0 Å². The summed E-state index contributed by atoms with van der Waals surface area (Å²) in [6.07, 6.45) is 2.18. The molecule has 7 nitrogen and oxygen atoms in total. The van der Waals surface area contributed by atoms with Gasteiger partial charge in [-0.3, -0.25) is 14.4 Å². The summed E-state index contributed by atoms with van der Waals surface area (Å²) in [5.74, 6) is -0.606. The second kappa shape index (κ2) is 11.3. The second-order valence-electron chi connectivity index (χ2n) is 13.1. The number of hydrogen-bond donors (Lipinski definition) is 1. The molecule has 0 unspecified atom stereocenters. The third-order valence-electron chi connectivity index (χ3n) is 8.23. The van der Waals surface area contributed by atoms with E-state index in [0.29, 0.717) is 61.3 Å². The van der Waals surface area contributed by atoms with Crippen LogP contribution in [0.5, 0.6) is 11.5 Å². The summed E-state index contributed by atoms with van der Waals surface area (Å²) in [5.41, 5.74) is 9.89. The van der Waals surface area contributed by atoms with Crippen LogP contribution in [0.4, 0.5) is 0 Å². The van der Waals surface area contributed by atoms with Crippen molar-refractivity contribution in [1.29, 1.82) is 0 Å². The van der Waals surface area contributed by atoms with Crippen LogP contribution >= 0.6 is 11.6 Å². The van der Waals surface area contributed by atoms with Crippen molar-refractivity contribution in [3.63, 3.8) is 0 Å². The van der Waals surface area contributed by atoms with Crippen molar-refractivity contribution in [2.45, 2.75) is 72.8 Å². The third kappa shape index (κ3) is 5.84. The first-order valence-electron chi connectivity index (χ1n) is 14.5. The molecule has 1 heterocycles. The number of ketones is 2. The highest BCUT2D eigenvalue weighted by Crippen LogP contribution is 2.55. The van der Waals surface area contributed by atoms with Gasteiger partial charge in [0, 0.05) is 47.8 Å². The lowest BCUT2D eigenvalue weighted by Gasteiger charge is -2.49. The van der Waals surface area contributed by atoms with Gasteiger partial charge in [-0.15, -0.1) is 0 Å². The normalized spacial score (nSPS) is 19.9. The van der Waals surface area contributed by atoms with Crippen molar-refractivity contribution in [2.24, 2.45) is 16.6 Å².